The number of halogens is 1. The third-order valence-corrected chi connectivity index (χ3v) is 4.64. The summed E-state index contributed by atoms with van der Waals surface area (Å²) < 4.78 is 16.8. The maximum absolute atomic E-state index is 12.4. The largest absolute Gasteiger partial charge is 0.490 e. The van der Waals surface area contributed by atoms with E-state index in [0.717, 1.165) is 4.47 Å². The molecule has 2 amide bonds. The lowest BCUT2D eigenvalue weighted by atomic mass is 10.2. The van der Waals surface area contributed by atoms with Crippen molar-refractivity contribution in [1.82, 2.24) is 10.7 Å². The average molecular weight is 514 g/mol. The van der Waals surface area contributed by atoms with E-state index in [9.17, 15) is 14.4 Å². The number of esters is 1. The van der Waals surface area contributed by atoms with Crippen LogP contribution in [0, 0.1) is 0 Å². The molecule has 0 fully saturated rings. The van der Waals surface area contributed by atoms with Gasteiger partial charge in [-0.15, -0.1) is 0 Å². The van der Waals surface area contributed by atoms with Gasteiger partial charge in [-0.1, -0.05) is 15.9 Å². The molecule has 0 saturated carbocycles. The van der Waals surface area contributed by atoms with Gasteiger partial charge in [0, 0.05) is 4.47 Å². The number of amides is 2. The molecular formula is C23H20BrN3O6. The van der Waals surface area contributed by atoms with Crippen molar-refractivity contribution in [2.24, 2.45) is 5.10 Å². The number of hydrogen-bond donors (Lipinski definition) is 2. The Balaban J connectivity index is 1.58. The van der Waals surface area contributed by atoms with Gasteiger partial charge >= 0.3 is 5.97 Å². The van der Waals surface area contributed by atoms with Crippen LogP contribution in [0.5, 0.6) is 11.5 Å². The lowest BCUT2D eigenvalue weighted by Gasteiger charge is -2.11. The molecule has 0 aliphatic heterocycles. The van der Waals surface area contributed by atoms with E-state index in [2.05, 4.69) is 31.8 Å². The molecule has 1 heterocycles. The molecule has 170 valence electrons. The number of hydrogen-bond acceptors (Lipinski definition) is 7. The lowest BCUT2D eigenvalue weighted by molar-refractivity contribution is -0.120. The van der Waals surface area contributed by atoms with Crippen LogP contribution in [-0.2, 0) is 4.79 Å². The monoisotopic (exact) mass is 513 g/mol. The molecule has 0 aliphatic rings. The lowest BCUT2D eigenvalue weighted by Crippen LogP contribution is -2.34. The smallest absolute Gasteiger partial charge is 0.343 e. The molecule has 3 aromatic rings. The molecule has 2 N–H and O–H groups in total. The fourth-order valence-electron chi connectivity index (χ4n) is 2.58. The van der Waals surface area contributed by atoms with Crippen LogP contribution in [0.25, 0.3) is 0 Å². The molecule has 0 aliphatic carbocycles. The van der Waals surface area contributed by atoms with Crippen LogP contribution < -0.4 is 20.2 Å². The highest BCUT2D eigenvalue weighted by atomic mass is 79.9. The molecule has 10 heteroatoms. The summed E-state index contributed by atoms with van der Waals surface area (Å²) >= 11 is 3.32. The van der Waals surface area contributed by atoms with E-state index in [4.69, 9.17) is 13.9 Å². The standard InChI is InChI=1S/C23H20BrN3O6/c1-2-31-20-12-15(5-10-18(20)33-23(30)16-6-8-17(24)9-7-16)13-26-27-21(28)14-25-22(29)19-4-3-11-32-19/h3-13H,2,14H2,1H3,(H,25,29)(H,27,28). The first-order valence-electron chi connectivity index (χ1n) is 9.84. The van der Waals surface area contributed by atoms with E-state index >= 15 is 0 Å². The summed E-state index contributed by atoms with van der Waals surface area (Å²) in [6.07, 6.45) is 2.76. The number of hydrazone groups is 1. The molecule has 0 unspecified atom stereocenters. The van der Waals surface area contributed by atoms with Gasteiger partial charge < -0.3 is 19.2 Å². The molecule has 9 nitrogen and oxygen atoms in total. The van der Waals surface area contributed by atoms with E-state index in [1.54, 1.807) is 55.5 Å². The second kappa shape index (κ2) is 11.6. The van der Waals surface area contributed by atoms with Crippen LogP contribution in [0.2, 0.25) is 0 Å². The van der Waals surface area contributed by atoms with E-state index < -0.39 is 17.8 Å². The highest BCUT2D eigenvalue weighted by molar-refractivity contribution is 9.10. The number of rotatable bonds is 9. The number of carbonyl (C=O) groups excluding carboxylic acids is 3. The third kappa shape index (κ3) is 7.04. The summed E-state index contributed by atoms with van der Waals surface area (Å²) in [5.74, 6) is -0.829. The normalized spacial score (nSPS) is 10.6. The van der Waals surface area contributed by atoms with Gasteiger partial charge in [0.25, 0.3) is 11.8 Å². The van der Waals surface area contributed by atoms with E-state index in [1.807, 2.05) is 0 Å². The first kappa shape index (κ1) is 23.7. The van der Waals surface area contributed by atoms with Crippen LogP contribution in [0.3, 0.4) is 0 Å². The Labute approximate surface area is 197 Å². The Kier molecular flexibility index (Phi) is 8.36. The topological polar surface area (TPSA) is 119 Å². The predicted octanol–water partition coefficient (Wildman–Crippen LogP) is 3.54. The Hall–Kier alpha value is -3.92. The van der Waals surface area contributed by atoms with Gasteiger partial charge in [0.15, 0.2) is 17.3 Å². The van der Waals surface area contributed by atoms with Crippen molar-refractivity contribution in [3.8, 4) is 11.5 Å². The second-order valence-corrected chi connectivity index (χ2v) is 7.40. The second-order valence-electron chi connectivity index (χ2n) is 6.49. The quantitative estimate of drug-likeness (QED) is 0.195. The number of furan rings is 1. The summed E-state index contributed by atoms with van der Waals surface area (Å²) in [5.41, 5.74) is 3.31. The van der Waals surface area contributed by atoms with Crippen molar-refractivity contribution >= 4 is 39.9 Å². The molecule has 0 spiro atoms. The van der Waals surface area contributed by atoms with Gasteiger partial charge in [-0.25, -0.2) is 10.2 Å². The summed E-state index contributed by atoms with van der Waals surface area (Å²) in [5, 5.41) is 6.27. The van der Waals surface area contributed by atoms with Crippen molar-refractivity contribution in [2.45, 2.75) is 6.92 Å². The molecular weight excluding hydrogens is 494 g/mol. The minimum atomic E-state index is -0.520. The predicted molar refractivity (Wildman–Crippen MR) is 123 cm³/mol. The van der Waals surface area contributed by atoms with Crippen LogP contribution in [-0.4, -0.2) is 37.1 Å². The Morgan fingerprint density at radius 1 is 1.09 bits per heavy atom. The average Bonchev–Trinajstić information content (AvgIpc) is 3.35. The molecule has 2 aromatic carbocycles. The zero-order valence-corrected chi connectivity index (χ0v) is 19.1. The number of nitrogens with zero attached hydrogens (tertiary/aromatic N) is 1. The number of ether oxygens (including phenoxy) is 2. The number of carbonyl (C=O) groups is 3. The Bertz CT molecular complexity index is 1140. The van der Waals surface area contributed by atoms with Gasteiger partial charge in [0.05, 0.1) is 31.2 Å². The molecule has 33 heavy (non-hydrogen) atoms. The maximum Gasteiger partial charge on any atom is 0.343 e. The third-order valence-electron chi connectivity index (χ3n) is 4.11. The van der Waals surface area contributed by atoms with E-state index in [-0.39, 0.29) is 18.1 Å². The fourth-order valence-corrected chi connectivity index (χ4v) is 2.84. The zero-order valence-electron chi connectivity index (χ0n) is 17.5. The summed E-state index contributed by atoms with van der Waals surface area (Å²) in [4.78, 5) is 36.0. The Morgan fingerprint density at radius 2 is 1.88 bits per heavy atom. The SMILES string of the molecule is CCOc1cc(C=NNC(=O)CNC(=O)c2ccco2)ccc1OC(=O)c1ccc(Br)cc1. The molecule has 3 rings (SSSR count). The van der Waals surface area contributed by atoms with Gasteiger partial charge in [-0.2, -0.15) is 5.10 Å². The Morgan fingerprint density at radius 3 is 2.58 bits per heavy atom. The van der Waals surface area contributed by atoms with Crippen molar-refractivity contribution in [3.63, 3.8) is 0 Å². The number of nitrogens with one attached hydrogen (secondary N) is 2. The van der Waals surface area contributed by atoms with Gasteiger partial charge in [-0.05, 0) is 67.1 Å². The van der Waals surface area contributed by atoms with Crippen molar-refractivity contribution in [1.29, 1.82) is 0 Å². The van der Waals surface area contributed by atoms with E-state index in [0.29, 0.717) is 23.5 Å². The number of benzene rings is 2. The minimum Gasteiger partial charge on any atom is -0.490 e. The molecule has 0 bridgehead atoms. The zero-order chi connectivity index (χ0) is 23.6. The van der Waals surface area contributed by atoms with Crippen molar-refractivity contribution in [3.05, 3.63) is 82.2 Å². The first-order chi connectivity index (χ1) is 16.0. The maximum atomic E-state index is 12.4. The van der Waals surface area contributed by atoms with Crippen LogP contribution in [0.1, 0.15) is 33.4 Å². The fraction of sp³-hybridized carbons (Fsp3) is 0.130. The highest BCUT2D eigenvalue weighted by Crippen LogP contribution is 2.29. The first-order valence-corrected chi connectivity index (χ1v) is 10.6. The van der Waals surface area contributed by atoms with Gasteiger partial charge in [0.2, 0.25) is 0 Å². The van der Waals surface area contributed by atoms with Gasteiger partial charge in [-0.3, -0.25) is 9.59 Å². The summed E-state index contributed by atoms with van der Waals surface area (Å²) in [6.45, 7) is 1.89. The summed E-state index contributed by atoms with van der Waals surface area (Å²) in [6, 6.07) is 14.7. The van der Waals surface area contributed by atoms with Crippen LogP contribution in [0.15, 0.2) is 74.9 Å². The van der Waals surface area contributed by atoms with Crippen LogP contribution >= 0.6 is 15.9 Å². The van der Waals surface area contributed by atoms with Crippen molar-refractivity contribution in [2.75, 3.05) is 13.2 Å². The van der Waals surface area contributed by atoms with Crippen LogP contribution in [0.4, 0.5) is 0 Å². The minimum absolute atomic E-state index is 0.107. The molecule has 0 atom stereocenters. The van der Waals surface area contributed by atoms with E-state index in [1.165, 1.54) is 18.5 Å². The van der Waals surface area contributed by atoms with Gasteiger partial charge in [0.1, 0.15) is 0 Å². The molecule has 0 saturated heterocycles. The summed E-state index contributed by atoms with van der Waals surface area (Å²) in [7, 11) is 0. The highest BCUT2D eigenvalue weighted by Gasteiger charge is 2.13. The molecule has 1 aromatic heterocycles. The van der Waals surface area contributed by atoms with Crippen molar-refractivity contribution < 1.29 is 28.3 Å². The molecule has 0 radical (unpaired) electrons.